The van der Waals surface area contributed by atoms with Crippen LogP contribution in [0.2, 0.25) is 0 Å². The summed E-state index contributed by atoms with van der Waals surface area (Å²) in [5.41, 5.74) is 2.98. The molecule has 0 radical (unpaired) electrons. The second-order valence-electron chi connectivity index (χ2n) is 11.0. The van der Waals surface area contributed by atoms with Gasteiger partial charge in [-0.15, -0.1) is 0 Å². The van der Waals surface area contributed by atoms with Crippen LogP contribution in [0.25, 0.3) is 0 Å². The zero-order valence-electron chi connectivity index (χ0n) is 24.3. The Balaban J connectivity index is 1.95. The number of nitrogens with zero attached hydrogens (tertiary/aromatic N) is 1. The van der Waals surface area contributed by atoms with Crippen LogP contribution >= 0.6 is 0 Å². The number of hydrogen-bond acceptors (Lipinski definition) is 0. The average molecular weight is 503 g/mol. The van der Waals surface area contributed by atoms with Crippen molar-refractivity contribution in [3.05, 3.63) is 96.1 Å². The van der Waals surface area contributed by atoms with Crippen molar-refractivity contribution in [1.29, 1.82) is 0 Å². The van der Waals surface area contributed by atoms with E-state index in [0.29, 0.717) is 0 Å². The van der Waals surface area contributed by atoms with Gasteiger partial charge in [0.2, 0.25) is 0 Å². The minimum atomic E-state index is 1.16. The van der Waals surface area contributed by atoms with Crippen LogP contribution in [0, 0.1) is 0 Å². The summed E-state index contributed by atoms with van der Waals surface area (Å²) in [5.74, 6) is 0. The van der Waals surface area contributed by atoms with E-state index in [9.17, 15) is 0 Å². The maximum absolute atomic E-state index is 2.34. The van der Waals surface area contributed by atoms with E-state index in [1.165, 1.54) is 119 Å². The number of hydrogen-bond donors (Lipinski definition) is 0. The molecule has 0 heterocycles. The highest BCUT2D eigenvalue weighted by Crippen LogP contribution is 2.24. The number of quaternary nitrogens is 1. The maximum Gasteiger partial charge on any atom is 0.105 e. The molecule has 0 amide bonds. The van der Waals surface area contributed by atoms with Crippen LogP contribution in [-0.4, -0.2) is 17.6 Å². The summed E-state index contributed by atoms with van der Waals surface area (Å²) in [6, 6.07) is 22.5. The van der Waals surface area contributed by atoms with Crippen molar-refractivity contribution < 1.29 is 4.48 Å². The molecule has 0 aliphatic carbocycles. The molecule has 2 aromatic rings. The molecule has 2 rings (SSSR count). The van der Waals surface area contributed by atoms with Gasteiger partial charge in [0.1, 0.15) is 13.1 Å². The highest BCUT2D eigenvalue weighted by molar-refractivity contribution is 5.15. The SMILES string of the molecule is C/C=C/CCCCCCCC[N+](CCCCCCCC/C=C/C)(Cc1ccccc1)Cc1ccccc1. The molecule has 1 nitrogen and oxygen atoms in total. The summed E-state index contributed by atoms with van der Waals surface area (Å²) in [5, 5.41) is 0. The van der Waals surface area contributed by atoms with Gasteiger partial charge >= 0.3 is 0 Å². The van der Waals surface area contributed by atoms with Crippen molar-refractivity contribution in [3.8, 4) is 0 Å². The highest BCUT2D eigenvalue weighted by atomic mass is 15.3. The van der Waals surface area contributed by atoms with Crippen molar-refractivity contribution in [1.82, 2.24) is 0 Å². The lowest BCUT2D eigenvalue weighted by molar-refractivity contribution is -0.954. The quantitative estimate of drug-likeness (QED) is 0.0853. The van der Waals surface area contributed by atoms with Crippen LogP contribution in [0.15, 0.2) is 85.0 Å². The second-order valence-corrected chi connectivity index (χ2v) is 11.0. The molecular formula is C36H56N+. The van der Waals surface area contributed by atoms with Crippen LogP contribution in [0.5, 0.6) is 0 Å². The lowest BCUT2D eigenvalue weighted by Gasteiger charge is -2.39. The maximum atomic E-state index is 2.34. The summed E-state index contributed by atoms with van der Waals surface area (Å²) in [7, 11) is 0. The zero-order chi connectivity index (χ0) is 26.3. The summed E-state index contributed by atoms with van der Waals surface area (Å²) in [4.78, 5) is 0. The largest absolute Gasteiger partial charge is 0.316 e. The van der Waals surface area contributed by atoms with Crippen LogP contribution in [0.1, 0.15) is 115 Å². The Kier molecular flexibility index (Phi) is 17.6. The van der Waals surface area contributed by atoms with Crippen molar-refractivity contribution >= 4 is 0 Å². The Morgan fingerprint density at radius 1 is 0.459 bits per heavy atom. The van der Waals surface area contributed by atoms with Gasteiger partial charge < -0.3 is 4.48 Å². The Labute approximate surface area is 230 Å². The fraction of sp³-hybridized carbons (Fsp3) is 0.556. The van der Waals surface area contributed by atoms with Gasteiger partial charge in [-0.25, -0.2) is 0 Å². The Morgan fingerprint density at radius 3 is 1.19 bits per heavy atom. The third-order valence-electron chi connectivity index (χ3n) is 7.70. The molecule has 0 atom stereocenters. The van der Waals surface area contributed by atoms with Crippen LogP contribution in [-0.2, 0) is 13.1 Å². The molecule has 0 N–H and O–H groups in total. The van der Waals surface area contributed by atoms with Crippen molar-refractivity contribution in [2.24, 2.45) is 0 Å². The van der Waals surface area contributed by atoms with E-state index in [4.69, 9.17) is 0 Å². The van der Waals surface area contributed by atoms with Gasteiger partial charge in [-0.1, -0.05) is 123 Å². The predicted molar refractivity (Wildman–Crippen MR) is 165 cm³/mol. The molecule has 0 fully saturated rings. The van der Waals surface area contributed by atoms with Crippen molar-refractivity contribution in [3.63, 3.8) is 0 Å². The molecule has 0 aromatic heterocycles. The minimum Gasteiger partial charge on any atom is -0.316 e. The third kappa shape index (κ3) is 15.0. The molecular weight excluding hydrogens is 446 g/mol. The Bertz CT molecular complexity index is 749. The van der Waals surface area contributed by atoms with E-state index < -0.39 is 0 Å². The topological polar surface area (TPSA) is 0 Å². The number of allylic oxidation sites excluding steroid dienone is 4. The molecule has 0 aliphatic heterocycles. The first-order chi connectivity index (χ1) is 18.3. The van der Waals surface area contributed by atoms with Gasteiger partial charge in [-0.3, -0.25) is 0 Å². The van der Waals surface area contributed by atoms with Crippen LogP contribution in [0.3, 0.4) is 0 Å². The van der Waals surface area contributed by atoms with Gasteiger partial charge in [-0.05, 0) is 65.2 Å². The molecule has 0 aliphatic rings. The Morgan fingerprint density at radius 2 is 0.811 bits per heavy atom. The van der Waals surface area contributed by atoms with Crippen molar-refractivity contribution in [2.45, 2.75) is 117 Å². The second kappa shape index (κ2) is 20.9. The Hall–Kier alpha value is -2.12. The van der Waals surface area contributed by atoms with Gasteiger partial charge in [0.25, 0.3) is 0 Å². The molecule has 37 heavy (non-hydrogen) atoms. The highest BCUT2D eigenvalue weighted by Gasteiger charge is 2.27. The predicted octanol–water partition coefficient (Wildman–Crippen LogP) is 10.8. The summed E-state index contributed by atoms with van der Waals surface area (Å²) in [6.45, 7) is 9.16. The summed E-state index contributed by atoms with van der Waals surface area (Å²) in [6.07, 6.45) is 27.9. The van der Waals surface area contributed by atoms with E-state index in [1.807, 2.05) is 0 Å². The van der Waals surface area contributed by atoms with Gasteiger partial charge in [0.15, 0.2) is 0 Å². The molecule has 0 bridgehead atoms. The first-order valence-electron chi connectivity index (χ1n) is 15.4. The molecule has 0 saturated carbocycles. The molecule has 2 aromatic carbocycles. The first-order valence-corrected chi connectivity index (χ1v) is 15.4. The van der Waals surface area contributed by atoms with E-state index in [1.54, 1.807) is 0 Å². The van der Waals surface area contributed by atoms with E-state index in [-0.39, 0.29) is 0 Å². The molecule has 0 spiro atoms. The van der Waals surface area contributed by atoms with Crippen LogP contribution < -0.4 is 0 Å². The third-order valence-corrected chi connectivity index (χ3v) is 7.70. The van der Waals surface area contributed by atoms with E-state index in [2.05, 4.69) is 98.8 Å². The minimum absolute atomic E-state index is 1.16. The van der Waals surface area contributed by atoms with E-state index in [0.717, 1.165) is 13.1 Å². The fourth-order valence-electron chi connectivity index (χ4n) is 5.59. The molecule has 0 unspecified atom stereocenters. The standard InChI is InChI=1S/C36H56N/c1-3-5-7-9-11-13-15-17-25-31-37(33-35-27-21-19-22-28-35,34-36-29-23-20-24-30-36)32-26-18-16-14-12-10-8-6-4-2/h3-6,19-24,27-30H,7-18,25-26,31-34H2,1-2H3/q+1/b5-3+,6-4+. The monoisotopic (exact) mass is 502 g/mol. The van der Waals surface area contributed by atoms with Gasteiger partial charge in [0.05, 0.1) is 13.1 Å². The fourth-order valence-corrected chi connectivity index (χ4v) is 5.59. The summed E-state index contributed by atoms with van der Waals surface area (Å²) >= 11 is 0. The average Bonchev–Trinajstić information content (AvgIpc) is 2.92. The van der Waals surface area contributed by atoms with Crippen molar-refractivity contribution in [2.75, 3.05) is 13.1 Å². The lowest BCUT2D eigenvalue weighted by Crippen LogP contribution is -2.48. The molecule has 1 heteroatoms. The zero-order valence-corrected chi connectivity index (χ0v) is 24.3. The van der Waals surface area contributed by atoms with Gasteiger partial charge in [0, 0.05) is 11.1 Å². The number of unbranched alkanes of at least 4 members (excludes halogenated alkanes) is 12. The normalized spacial score (nSPS) is 12.2. The number of benzene rings is 2. The first kappa shape index (κ1) is 31.1. The molecule has 0 saturated heterocycles. The van der Waals surface area contributed by atoms with Gasteiger partial charge in [-0.2, -0.15) is 0 Å². The smallest absolute Gasteiger partial charge is 0.105 e. The van der Waals surface area contributed by atoms with Crippen LogP contribution in [0.4, 0.5) is 0 Å². The lowest BCUT2D eigenvalue weighted by atomic mass is 10.0. The molecule has 204 valence electrons. The van der Waals surface area contributed by atoms with E-state index >= 15 is 0 Å². The number of rotatable bonds is 22. The summed E-state index contributed by atoms with van der Waals surface area (Å²) < 4.78 is 1.20.